The lowest BCUT2D eigenvalue weighted by Gasteiger charge is -2.34. The first-order valence-corrected chi connectivity index (χ1v) is 14.5. The molecule has 10 heteroatoms. The molecule has 2 aromatic carbocycles. The molecule has 3 amide bonds. The van der Waals surface area contributed by atoms with Crippen molar-refractivity contribution in [3.63, 3.8) is 0 Å². The minimum atomic E-state index is -0.148. The number of amides is 3. The van der Waals surface area contributed by atoms with E-state index in [1.54, 1.807) is 24.3 Å². The molecule has 3 heterocycles. The molecular formula is C32H37N7O3. The van der Waals surface area contributed by atoms with Gasteiger partial charge in [0.25, 0.3) is 0 Å². The molecule has 10 nitrogen and oxygen atoms in total. The molecule has 0 aliphatic carbocycles. The van der Waals surface area contributed by atoms with Crippen molar-refractivity contribution in [3.05, 3.63) is 72.4 Å². The van der Waals surface area contributed by atoms with Gasteiger partial charge in [-0.25, -0.2) is 0 Å². The normalized spacial score (nSPS) is 14.9. The third-order valence-electron chi connectivity index (χ3n) is 7.69. The zero-order valence-corrected chi connectivity index (χ0v) is 24.3. The van der Waals surface area contributed by atoms with Gasteiger partial charge in [-0.05, 0) is 74.7 Å². The van der Waals surface area contributed by atoms with Gasteiger partial charge < -0.3 is 20.4 Å². The predicted molar refractivity (Wildman–Crippen MR) is 165 cm³/mol. The van der Waals surface area contributed by atoms with Gasteiger partial charge in [-0.15, -0.1) is 10.2 Å². The van der Waals surface area contributed by atoms with Gasteiger partial charge in [0.15, 0.2) is 11.6 Å². The number of nitrogens with one attached hydrogen (secondary N) is 2. The molecule has 1 aliphatic rings. The van der Waals surface area contributed by atoms with Crippen LogP contribution in [0.25, 0.3) is 16.7 Å². The molecule has 1 saturated heterocycles. The minimum Gasteiger partial charge on any atom is -0.354 e. The van der Waals surface area contributed by atoms with Crippen molar-refractivity contribution in [1.82, 2.24) is 19.7 Å². The molecule has 42 heavy (non-hydrogen) atoms. The second-order valence-electron chi connectivity index (χ2n) is 10.6. The second kappa shape index (κ2) is 12.8. The summed E-state index contributed by atoms with van der Waals surface area (Å²) < 4.78 is 1.96. The van der Waals surface area contributed by atoms with Gasteiger partial charge in [-0.3, -0.25) is 19.0 Å². The summed E-state index contributed by atoms with van der Waals surface area (Å²) in [6.45, 7) is 8.42. The highest BCUT2D eigenvalue weighted by Gasteiger charge is 2.29. The van der Waals surface area contributed by atoms with Crippen LogP contribution in [0.2, 0.25) is 0 Å². The van der Waals surface area contributed by atoms with Crippen molar-refractivity contribution in [2.45, 2.75) is 40.0 Å². The van der Waals surface area contributed by atoms with Crippen molar-refractivity contribution >= 4 is 45.8 Å². The van der Waals surface area contributed by atoms with E-state index in [9.17, 15) is 14.4 Å². The number of aromatic nitrogens is 3. The van der Waals surface area contributed by atoms with Gasteiger partial charge in [0.1, 0.15) is 0 Å². The molecule has 0 saturated carbocycles. The molecule has 2 aromatic heterocycles. The van der Waals surface area contributed by atoms with Crippen LogP contribution in [0.4, 0.5) is 17.2 Å². The number of hydrogen-bond acceptors (Lipinski definition) is 6. The van der Waals surface area contributed by atoms with Gasteiger partial charge in [0, 0.05) is 56.1 Å². The summed E-state index contributed by atoms with van der Waals surface area (Å²) in [6.07, 6.45) is 3.95. The lowest BCUT2D eigenvalue weighted by atomic mass is 9.96. The van der Waals surface area contributed by atoms with E-state index in [1.165, 1.54) is 6.92 Å². The van der Waals surface area contributed by atoms with Crippen LogP contribution in [-0.2, 0) is 20.8 Å². The fourth-order valence-electron chi connectivity index (χ4n) is 5.59. The Morgan fingerprint density at radius 1 is 0.905 bits per heavy atom. The van der Waals surface area contributed by atoms with E-state index >= 15 is 0 Å². The molecule has 218 valence electrons. The maximum atomic E-state index is 13.0. The average Bonchev–Trinajstić information content (AvgIpc) is 3.36. The van der Waals surface area contributed by atoms with Gasteiger partial charge in [-0.2, -0.15) is 0 Å². The highest BCUT2D eigenvalue weighted by molar-refractivity contribution is 5.96. The first kappa shape index (κ1) is 28.8. The fourth-order valence-corrected chi connectivity index (χ4v) is 5.59. The molecule has 5 rings (SSSR count). The minimum absolute atomic E-state index is 0.0302. The van der Waals surface area contributed by atoms with E-state index < -0.39 is 0 Å². The molecule has 0 radical (unpaired) electrons. The third-order valence-corrected chi connectivity index (χ3v) is 7.69. The Labute approximate surface area is 245 Å². The van der Waals surface area contributed by atoms with Gasteiger partial charge in [0.2, 0.25) is 17.7 Å². The molecule has 1 aliphatic heterocycles. The van der Waals surface area contributed by atoms with E-state index in [-0.39, 0.29) is 30.1 Å². The predicted octanol–water partition coefficient (Wildman–Crippen LogP) is 4.64. The van der Waals surface area contributed by atoms with Crippen molar-refractivity contribution in [2.24, 2.45) is 5.92 Å². The van der Waals surface area contributed by atoms with E-state index in [2.05, 4.69) is 25.7 Å². The molecule has 4 aromatic rings. The molecule has 0 bridgehead atoms. The summed E-state index contributed by atoms with van der Waals surface area (Å²) in [5.41, 5.74) is 3.13. The van der Waals surface area contributed by atoms with Crippen LogP contribution in [0, 0.1) is 5.92 Å². The quantitative estimate of drug-likeness (QED) is 0.305. The molecule has 1 atom stereocenters. The number of para-hydroxylation sites is 1. The van der Waals surface area contributed by atoms with Crippen LogP contribution in [0.3, 0.4) is 0 Å². The maximum absolute atomic E-state index is 13.0. The number of carbonyl (C=O) groups excluding carboxylic acids is 3. The molecular weight excluding hydrogens is 530 g/mol. The number of rotatable bonds is 9. The monoisotopic (exact) mass is 567 g/mol. The van der Waals surface area contributed by atoms with Crippen LogP contribution in [-0.4, -0.2) is 63.6 Å². The van der Waals surface area contributed by atoms with Crippen LogP contribution < -0.4 is 15.5 Å². The largest absolute Gasteiger partial charge is 0.354 e. The number of anilines is 3. The molecule has 2 N–H and O–H groups in total. The van der Waals surface area contributed by atoms with E-state index in [0.29, 0.717) is 23.7 Å². The number of nitrogens with zero attached hydrogens (tertiary/aromatic N) is 5. The Morgan fingerprint density at radius 2 is 1.57 bits per heavy atom. The first-order chi connectivity index (χ1) is 20.4. The summed E-state index contributed by atoms with van der Waals surface area (Å²) in [4.78, 5) is 41.2. The standard InChI is InChI=1S/C32H37N7O3/c1-4-37(5-2)32(42)23-9-8-18-38(20-23)29-16-17-30(36-35-29)39-21-24(27-10-6-7-11-28(27)39)19-31(41)34-26-14-12-25(13-15-26)33-22(3)40/h6-7,10-17,21,23H,4-5,8-9,18-20H2,1-3H3,(H,33,40)(H,34,41). The van der Waals surface area contributed by atoms with E-state index in [4.69, 9.17) is 0 Å². The number of hydrogen-bond donors (Lipinski definition) is 2. The molecule has 1 unspecified atom stereocenters. The van der Waals surface area contributed by atoms with Gasteiger partial charge >= 0.3 is 0 Å². The van der Waals surface area contributed by atoms with E-state index in [0.717, 1.165) is 54.8 Å². The van der Waals surface area contributed by atoms with E-state index in [1.807, 2.05) is 65.9 Å². The zero-order chi connectivity index (χ0) is 29.6. The van der Waals surface area contributed by atoms with Crippen molar-refractivity contribution in [3.8, 4) is 5.82 Å². The second-order valence-corrected chi connectivity index (χ2v) is 10.6. The Morgan fingerprint density at radius 3 is 2.24 bits per heavy atom. The van der Waals surface area contributed by atoms with Crippen LogP contribution in [0.15, 0.2) is 66.9 Å². The third kappa shape index (κ3) is 6.43. The van der Waals surface area contributed by atoms with Gasteiger partial charge in [-0.1, -0.05) is 18.2 Å². The zero-order valence-electron chi connectivity index (χ0n) is 24.3. The Balaban J connectivity index is 1.30. The fraction of sp³-hybridized carbons (Fsp3) is 0.344. The lowest BCUT2D eigenvalue weighted by Crippen LogP contribution is -2.45. The summed E-state index contributed by atoms with van der Waals surface area (Å²) in [6, 6.07) is 18.8. The highest BCUT2D eigenvalue weighted by atomic mass is 16.2. The number of fused-ring (bicyclic) bond motifs is 1. The Bertz CT molecular complexity index is 1560. The van der Waals surface area contributed by atoms with Crippen LogP contribution >= 0.6 is 0 Å². The highest BCUT2D eigenvalue weighted by Crippen LogP contribution is 2.27. The lowest BCUT2D eigenvalue weighted by molar-refractivity contribution is -0.135. The summed E-state index contributed by atoms with van der Waals surface area (Å²) in [5, 5.41) is 15.7. The summed E-state index contributed by atoms with van der Waals surface area (Å²) in [5.74, 6) is 1.30. The average molecular weight is 568 g/mol. The molecule has 1 fully saturated rings. The summed E-state index contributed by atoms with van der Waals surface area (Å²) >= 11 is 0. The summed E-state index contributed by atoms with van der Waals surface area (Å²) in [7, 11) is 0. The van der Waals surface area contributed by atoms with Gasteiger partial charge in [0.05, 0.1) is 17.9 Å². The topological polar surface area (TPSA) is 112 Å². The maximum Gasteiger partial charge on any atom is 0.228 e. The Hall–Kier alpha value is -4.73. The molecule has 0 spiro atoms. The van der Waals surface area contributed by atoms with Crippen LogP contribution in [0.5, 0.6) is 0 Å². The SMILES string of the molecule is CCN(CC)C(=O)C1CCCN(c2ccc(-n3cc(CC(=O)Nc4ccc(NC(C)=O)cc4)c4ccccc43)nn2)C1. The van der Waals surface area contributed by atoms with Crippen LogP contribution in [0.1, 0.15) is 39.2 Å². The smallest absolute Gasteiger partial charge is 0.228 e. The Kier molecular flexibility index (Phi) is 8.80. The van der Waals surface area contributed by atoms with Crippen molar-refractivity contribution < 1.29 is 14.4 Å². The first-order valence-electron chi connectivity index (χ1n) is 14.5. The number of benzene rings is 2. The van der Waals surface area contributed by atoms with Crippen molar-refractivity contribution in [2.75, 3.05) is 41.7 Å². The number of carbonyl (C=O) groups is 3. The number of piperidine rings is 1. The van der Waals surface area contributed by atoms with Crippen molar-refractivity contribution in [1.29, 1.82) is 0 Å².